The lowest BCUT2D eigenvalue weighted by atomic mass is 9.89. The fourth-order valence-corrected chi connectivity index (χ4v) is 3.21. The maximum Gasteiger partial charge on any atom is 0.132 e. The van der Waals surface area contributed by atoms with E-state index in [1.165, 1.54) is 25.1 Å². The molecule has 98 valence electrons. The van der Waals surface area contributed by atoms with Gasteiger partial charge in [0.05, 0.1) is 11.9 Å². The number of aryl methyl sites for hydroxylation is 1. The molecule has 1 aromatic rings. The Morgan fingerprint density at radius 3 is 3.17 bits per heavy atom. The monoisotopic (exact) mass is 265 g/mol. The highest BCUT2D eigenvalue weighted by molar-refractivity contribution is 6.30. The third-order valence-corrected chi connectivity index (χ3v) is 4.61. The first-order valence-corrected chi connectivity index (χ1v) is 7.28. The second kappa shape index (κ2) is 5.06. The van der Waals surface area contributed by atoms with Crippen LogP contribution in [0, 0.1) is 5.92 Å². The normalized spacial score (nSPS) is 27.3. The minimum atomic E-state index is 0.649. The van der Waals surface area contributed by atoms with Gasteiger partial charge in [-0.2, -0.15) is 0 Å². The highest BCUT2D eigenvalue weighted by Crippen LogP contribution is 2.28. The Bertz CT molecular complexity index is 435. The van der Waals surface area contributed by atoms with Gasteiger partial charge >= 0.3 is 0 Å². The first kappa shape index (κ1) is 12.2. The summed E-state index contributed by atoms with van der Waals surface area (Å²) in [5, 5.41) is 4.19. The average molecular weight is 266 g/mol. The molecule has 3 nitrogen and oxygen atoms in total. The van der Waals surface area contributed by atoms with Crippen LogP contribution in [0.4, 0.5) is 5.69 Å². The van der Waals surface area contributed by atoms with E-state index >= 15 is 0 Å². The molecule has 0 aromatic carbocycles. The molecule has 0 spiro atoms. The van der Waals surface area contributed by atoms with Crippen molar-refractivity contribution in [2.75, 3.05) is 24.5 Å². The van der Waals surface area contributed by atoms with E-state index in [9.17, 15) is 0 Å². The van der Waals surface area contributed by atoms with Crippen LogP contribution in [0.3, 0.4) is 0 Å². The fourth-order valence-electron chi connectivity index (χ4n) is 2.98. The summed E-state index contributed by atoms with van der Waals surface area (Å²) in [7, 11) is 0. The van der Waals surface area contributed by atoms with Crippen LogP contribution >= 0.6 is 11.6 Å². The van der Waals surface area contributed by atoms with E-state index in [-0.39, 0.29) is 0 Å². The zero-order valence-corrected chi connectivity index (χ0v) is 11.6. The van der Waals surface area contributed by atoms with E-state index in [2.05, 4.69) is 28.2 Å². The Hall–Kier alpha value is -0.800. The van der Waals surface area contributed by atoms with E-state index in [0.717, 1.165) is 31.0 Å². The highest BCUT2D eigenvalue weighted by Gasteiger charge is 2.33. The Kier molecular flexibility index (Phi) is 3.44. The van der Waals surface area contributed by atoms with E-state index in [4.69, 9.17) is 11.6 Å². The maximum absolute atomic E-state index is 6.09. The molecule has 3 rings (SSSR count). The number of hydrogen-bond acceptors (Lipinski definition) is 3. The molecular weight excluding hydrogens is 246 g/mol. The molecule has 0 bridgehead atoms. The van der Waals surface area contributed by atoms with Crippen molar-refractivity contribution in [3.05, 3.63) is 23.0 Å². The van der Waals surface area contributed by atoms with Gasteiger partial charge in [0, 0.05) is 19.1 Å². The molecule has 4 heteroatoms. The summed E-state index contributed by atoms with van der Waals surface area (Å²) in [6.07, 6.45) is 5.50. The van der Waals surface area contributed by atoms with Crippen LogP contribution in [0.25, 0.3) is 0 Å². The van der Waals surface area contributed by atoms with E-state index in [0.29, 0.717) is 11.2 Å². The smallest absolute Gasteiger partial charge is 0.132 e. The van der Waals surface area contributed by atoms with Gasteiger partial charge in [0.25, 0.3) is 0 Å². The number of halogens is 1. The summed E-state index contributed by atoms with van der Waals surface area (Å²) in [5.74, 6) is 0.890. The summed E-state index contributed by atoms with van der Waals surface area (Å²) in [4.78, 5) is 6.78. The number of hydrogen-bond donors (Lipinski definition) is 1. The summed E-state index contributed by atoms with van der Waals surface area (Å²) in [6.45, 7) is 5.58. The zero-order chi connectivity index (χ0) is 12.5. The van der Waals surface area contributed by atoms with E-state index in [1.54, 1.807) is 0 Å². The molecule has 0 radical (unpaired) electrons. The number of nitrogens with zero attached hydrogens (tertiary/aromatic N) is 2. The molecule has 2 aliphatic rings. The summed E-state index contributed by atoms with van der Waals surface area (Å²) < 4.78 is 0. The lowest BCUT2D eigenvalue weighted by molar-refractivity contribution is 0.234. The number of anilines is 1. The Balaban J connectivity index is 1.80. The van der Waals surface area contributed by atoms with E-state index in [1.807, 2.05) is 6.20 Å². The van der Waals surface area contributed by atoms with Crippen LogP contribution in [-0.4, -0.2) is 30.7 Å². The molecule has 0 amide bonds. The summed E-state index contributed by atoms with van der Waals surface area (Å²) >= 11 is 6.09. The first-order valence-electron chi connectivity index (χ1n) is 6.90. The molecule has 1 aromatic heterocycles. The zero-order valence-electron chi connectivity index (χ0n) is 10.8. The molecule has 18 heavy (non-hydrogen) atoms. The van der Waals surface area contributed by atoms with Crippen LogP contribution in [0.1, 0.15) is 25.3 Å². The molecule has 1 N–H and O–H groups in total. The molecule has 2 atom stereocenters. The van der Waals surface area contributed by atoms with Gasteiger partial charge in [-0.3, -0.25) is 0 Å². The molecule has 2 aliphatic heterocycles. The standard InChI is InChI=1S/C14H20ClN3/c1-2-10-6-12(8-17-14(10)15)18-5-3-4-11-7-16-13(11)9-18/h6,8,11,13,16H,2-5,7,9H2,1H3/t11-,13-/m1/s1. The molecule has 0 unspecified atom stereocenters. The maximum atomic E-state index is 6.09. The van der Waals surface area contributed by atoms with Crippen molar-refractivity contribution in [1.82, 2.24) is 10.3 Å². The fraction of sp³-hybridized carbons (Fsp3) is 0.643. The molecular formula is C14H20ClN3. The number of fused-ring (bicyclic) bond motifs is 1. The minimum absolute atomic E-state index is 0.649. The molecule has 2 saturated heterocycles. The van der Waals surface area contributed by atoms with Crippen molar-refractivity contribution in [2.45, 2.75) is 32.2 Å². The SMILES string of the molecule is CCc1cc(N2CCC[C@@H]3CN[C@@H]3C2)cnc1Cl. The van der Waals surface area contributed by atoms with Gasteiger partial charge in [0.1, 0.15) is 5.15 Å². The van der Waals surface area contributed by atoms with Crippen molar-refractivity contribution < 1.29 is 0 Å². The molecule has 0 saturated carbocycles. The summed E-state index contributed by atoms with van der Waals surface area (Å²) in [5.41, 5.74) is 2.38. The van der Waals surface area contributed by atoms with Crippen LogP contribution in [0.2, 0.25) is 5.15 Å². The van der Waals surface area contributed by atoms with Gasteiger partial charge in [-0.05, 0) is 43.4 Å². The van der Waals surface area contributed by atoms with Gasteiger partial charge in [0.2, 0.25) is 0 Å². The molecule has 3 heterocycles. The molecule has 0 aliphatic carbocycles. The van der Waals surface area contributed by atoms with Crippen molar-refractivity contribution in [2.24, 2.45) is 5.92 Å². The lowest BCUT2D eigenvalue weighted by Crippen LogP contribution is -2.56. The van der Waals surface area contributed by atoms with Crippen LogP contribution in [-0.2, 0) is 6.42 Å². The Labute approximate surface area is 114 Å². The largest absolute Gasteiger partial charge is 0.369 e. The minimum Gasteiger partial charge on any atom is -0.369 e. The predicted molar refractivity (Wildman–Crippen MR) is 75.4 cm³/mol. The summed E-state index contributed by atoms with van der Waals surface area (Å²) in [6, 6.07) is 2.88. The van der Waals surface area contributed by atoms with Crippen molar-refractivity contribution in [3.8, 4) is 0 Å². The van der Waals surface area contributed by atoms with Crippen molar-refractivity contribution >= 4 is 17.3 Å². The second-order valence-electron chi connectivity index (χ2n) is 5.36. The van der Waals surface area contributed by atoms with Gasteiger partial charge < -0.3 is 10.2 Å². The number of nitrogens with one attached hydrogen (secondary N) is 1. The van der Waals surface area contributed by atoms with Crippen molar-refractivity contribution in [1.29, 1.82) is 0 Å². The highest BCUT2D eigenvalue weighted by atomic mass is 35.5. The first-order chi connectivity index (χ1) is 8.78. The van der Waals surface area contributed by atoms with E-state index < -0.39 is 0 Å². The predicted octanol–water partition coefficient (Wildman–Crippen LogP) is 2.49. The van der Waals surface area contributed by atoms with Crippen molar-refractivity contribution in [3.63, 3.8) is 0 Å². The third-order valence-electron chi connectivity index (χ3n) is 4.27. The number of aromatic nitrogens is 1. The van der Waals surface area contributed by atoms with Gasteiger partial charge in [-0.1, -0.05) is 18.5 Å². The van der Waals surface area contributed by atoms with Gasteiger partial charge in [-0.25, -0.2) is 4.98 Å². The molecule has 2 fully saturated rings. The third kappa shape index (κ3) is 2.21. The van der Waals surface area contributed by atoms with Gasteiger partial charge in [0.15, 0.2) is 0 Å². The second-order valence-corrected chi connectivity index (χ2v) is 5.72. The Morgan fingerprint density at radius 2 is 2.44 bits per heavy atom. The topological polar surface area (TPSA) is 28.2 Å². The number of rotatable bonds is 2. The van der Waals surface area contributed by atoms with Crippen LogP contribution in [0.15, 0.2) is 12.3 Å². The number of pyridine rings is 1. The van der Waals surface area contributed by atoms with Gasteiger partial charge in [-0.15, -0.1) is 0 Å². The lowest BCUT2D eigenvalue weighted by Gasteiger charge is -2.38. The quantitative estimate of drug-likeness (QED) is 0.833. The average Bonchev–Trinajstić information content (AvgIpc) is 2.50. The Morgan fingerprint density at radius 1 is 1.56 bits per heavy atom. The van der Waals surface area contributed by atoms with Crippen LogP contribution < -0.4 is 10.2 Å². The van der Waals surface area contributed by atoms with Crippen LogP contribution in [0.5, 0.6) is 0 Å².